The quantitative estimate of drug-likeness (QED) is 0.830. The summed E-state index contributed by atoms with van der Waals surface area (Å²) in [5.41, 5.74) is 9.18. The van der Waals surface area contributed by atoms with Gasteiger partial charge in [0, 0.05) is 16.7 Å². The first-order valence-corrected chi connectivity index (χ1v) is 7.76. The SMILES string of the molecule is Cc1ccccc1CSc1ccc(CC(C)N)cc1F. The number of rotatable bonds is 5. The van der Waals surface area contributed by atoms with Crippen molar-refractivity contribution in [1.29, 1.82) is 0 Å². The molecule has 20 heavy (non-hydrogen) atoms. The summed E-state index contributed by atoms with van der Waals surface area (Å²) in [5, 5.41) is 0. The van der Waals surface area contributed by atoms with Crippen LogP contribution in [-0.4, -0.2) is 6.04 Å². The average molecular weight is 289 g/mol. The van der Waals surface area contributed by atoms with Crippen LogP contribution < -0.4 is 5.73 Å². The molecule has 0 radical (unpaired) electrons. The highest BCUT2D eigenvalue weighted by Crippen LogP contribution is 2.27. The van der Waals surface area contributed by atoms with Crippen LogP contribution in [-0.2, 0) is 12.2 Å². The Morgan fingerprint density at radius 3 is 2.60 bits per heavy atom. The molecule has 1 atom stereocenters. The number of hydrogen-bond donors (Lipinski definition) is 1. The van der Waals surface area contributed by atoms with E-state index in [1.807, 2.05) is 31.2 Å². The maximum atomic E-state index is 14.0. The smallest absolute Gasteiger partial charge is 0.137 e. The standard InChI is InChI=1S/C17H20FNS/c1-12-5-3-4-6-15(12)11-20-17-8-7-14(9-13(2)19)10-16(17)18/h3-8,10,13H,9,11,19H2,1-2H3. The summed E-state index contributed by atoms with van der Waals surface area (Å²) in [4.78, 5) is 0.696. The molecule has 0 saturated carbocycles. The van der Waals surface area contributed by atoms with E-state index in [2.05, 4.69) is 19.1 Å². The summed E-state index contributed by atoms with van der Waals surface area (Å²) < 4.78 is 14.0. The van der Waals surface area contributed by atoms with Gasteiger partial charge in [-0.3, -0.25) is 0 Å². The number of nitrogens with two attached hydrogens (primary N) is 1. The third-order valence-electron chi connectivity index (χ3n) is 3.20. The normalized spacial score (nSPS) is 12.4. The van der Waals surface area contributed by atoms with Crippen LogP contribution in [0.25, 0.3) is 0 Å². The maximum absolute atomic E-state index is 14.0. The van der Waals surface area contributed by atoms with E-state index in [-0.39, 0.29) is 11.9 Å². The van der Waals surface area contributed by atoms with Gasteiger partial charge >= 0.3 is 0 Å². The minimum absolute atomic E-state index is 0.0554. The lowest BCUT2D eigenvalue weighted by Gasteiger charge is -2.09. The van der Waals surface area contributed by atoms with Crippen molar-refractivity contribution in [2.24, 2.45) is 5.73 Å². The highest BCUT2D eigenvalue weighted by atomic mass is 32.2. The Labute approximate surface area is 124 Å². The molecule has 2 N–H and O–H groups in total. The second kappa shape index (κ2) is 6.91. The van der Waals surface area contributed by atoms with E-state index in [1.165, 1.54) is 22.9 Å². The van der Waals surface area contributed by atoms with Crippen molar-refractivity contribution in [2.45, 2.75) is 37.0 Å². The van der Waals surface area contributed by atoms with Crippen molar-refractivity contribution in [2.75, 3.05) is 0 Å². The van der Waals surface area contributed by atoms with E-state index >= 15 is 0 Å². The van der Waals surface area contributed by atoms with E-state index in [0.717, 1.165) is 11.3 Å². The van der Waals surface area contributed by atoms with Gasteiger partial charge in [0.1, 0.15) is 5.82 Å². The molecule has 0 aliphatic carbocycles. The Bertz CT molecular complexity index is 581. The van der Waals surface area contributed by atoms with Crippen LogP contribution in [0.15, 0.2) is 47.4 Å². The second-order valence-electron chi connectivity index (χ2n) is 5.16. The van der Waals surface area contributed by atoms with Gasteiger partial charge in [0.25, 0.3) is 0 Å². The van der Waals surface area contributed by atoms with Crippen LogP contribution in [0, 0.1) is 12.7 Å². The lowest BCUT2D eigenvalue weighted by molar-refractivity contribution is 0.597. The van der Waals surface area contributed by atoms with Gasteiger partial charge in [-0.15, -0.1) is 11.8 Å². The predicted octanol–water partition coefficient (Wildman–Crippen LogP) is 4.32. The molecular formula is C17H20FNS. The minimum atomic E-state index is -0.151. The molecule has 2 rings (SSSR count). The highest BCUT2D eigenvalue weighted by Gasteiger charge is 2.07. The molecule has 2 aromatic carbocycles. The molecule has 1 nitrogen and oxygen atoms in total. The molecule has 0 aliphatic heterocycles. The van der Waals surface area contributed by atoms with Crippen LogP contribution >= 0.6 is 11.8 Å². The summed E-state index contributed by atoms with van der Waals surface area (Å²) >= 11 is 1.54. The summed E-state index contributed by atoms with van der Waals surface area (Å²) in [6.07, 6.45) is 0.708. The van der Waals surface area contributed by atoms with Gasteiger partial charge in [-0.1, -0.05) is 30.3 Å². The summed E-state index contributed by atoms with van der Waals surface area (Å²) in [7, 11) is 0. The summed E-state index contributed by atoms with van der Waals surface area (Å²) in [5.74, 6) is 0.637. The Balaban J connectivity index is 2.05. The number of benzene rings is 2. The predicted molar refractivity (Wildman–Crippen MR) is 84.5 cm³/mol. The second-order valence-corrected chi connectivity index (χ2v) is 6.18. The zero-order chi connectivity index (χ0) is 14.5. The maximum Gasteiger partial charge on any atom is 0.137 e. The first-order valence-electron chi connectivity index (χ1n) is 6.77. The fourth-order valence-electron chi connectivity index (χ4n) is 2.09. The van der Waals surface area contributed by atoms with Gasteiger partial charge < -0.3 is 5.73 Å². The summed E-state index contributed by atoms with van der Waals surface area (Å²) in [6.45, 7) is 4.01. The van der Waals surface area contributed by atoms with Gasteiger partial charge in [-0.2, -0.15) is 0 Å². The fraction of sp³-hybridized carbons (Fsp3) is 0.294. The van der Waals surface area contributed by atoms with Crippen molar-refractivity contribution < 1.29 is 4.39 Å². The van der Waals surface area contributed by atoms with E-state index in [0.29, 0.717) is 11.3 Å². The molecule has 2 aromatic rings. The van der Waals surface area contributed by atoms with E-state index < -0.39 is 0 Å². The summed E-state index contributed by atoms with van der Waals surface area (Å²) in [6, 6.07) is 13.7. The molecule has 0 heterocycles. The lowest BCUT2D eigenvalue weighted by atomic mass is 10.1. The van der Waals surface area contributed by atoms with Crippen molar-refractivity contribution >= 4 is 11.8 Å². The molecule has 0 aliphatic rings. The van der Waals surface area contributed by atoms with Crippen LogP contribution in [0.5, 0.6) is 0 Å². The minimum Gasteiger partial charge on any atom is -0.328 e. The van der Waals surface area contributed by atoms with Gasteiger partial charge in [0.2, 0.25) is 0 Å². The van der Waals surface area contributed by atoms with Crippen molar-refractivity contribution in [3.05, 3.63) is 65.0 Å². The Morgan fingerprint density at radius 1 is 1.20 bits per heavy atom. The number of hydrogen-bond acceptors (Lipinski definition) is 2. The van der Waals surface area contributed by atoms with Crippen molar-refractivity contribution in [3.8, 4) is 0 Å². The fourth-order valence-corrected chi connectivity index (χ4v) is 3.08. The van der Waals surface area contributed by atoms with Crippen LogP contribution in [0.2, 0.25) is 0 Å². The van der Waals surface area contributed by atoms with Gasteiger partial charge in [0.15, 0.2) is 0 Å². The monoisotopic (exact) mass is 289 g/mol. The molecule has 0 saturated heterocycles. The van der Waals surface area contributed by atoms with Crippen LogP contribution in [0.4, 0.5) is 4.39 Å². The molecule has 0 bridgehead atoms. The third kappa shape index (κ3) is 4.09. The first-order chi connectivity index (χ1) is 9.56. The van der Waals surface area contributed by atoms with Crippen LogP contribution in [0.1, 0.15) is 23.6 Å². The number of thioether (sulfide) groups is 1. The molecule has 0 spiro atoms. The van der Waals surface area contributed by atoms with Crippen molar-refractivity contribution in [1.82, 2.24) is 0 Å². The molecule has 3 heteroatoms. The lowest BCUT2D eigenvalue weighted by Crippen LogP contribution is -2.17. The van der Waals surface area contributed by atoms with Gasteiger partial charge in [-0.25, -0.2) is 4.39 Å². The van der Waals surface area contributed by atoms with Gasteiger partial charge in [0.05, 0.1) is 0 Å². The van der Waals surface area contributed by atoms with Crippen LogP contribution in [0.3, 0.4) is 0 Å². The molecule has 1 unspecified atom stereocenters. The van der Waals surface area contributed by atoms with Gasteiger partial charge in [-0.05, 0) is 49.1 Å². The van der Waals surface area contributed by atoms with E-state index in [4.69, 9.17) is 5.73 Å². The number of halogens is 1. The Morgan fingerprint density at radius 2 is 1.95 bits per heavy atom. The average Bonchev–Trinajstić information content (AvgIpc) is 2.39. The van der Waals surface area contributed by atoms with Crippen molar-refractivity contribution in [3.63, 3.8) is 0 Å². The third-order valence-corrected chi connectivity index (χ3v) is 4.30. The molecule has 106 valence electrons. The zero-order valence-electron chi connectivity index (χ0n) is 11.9. The van der Waals surface area contributed by atoms with E-state index in [1.54, 1.807) is 6.07 Å². The first kappa shape index (κ1) is 15.1. The number of aryl methyl sites for hydroxylation is 1. The Kier molecular flexibility index (Phi) is 5.21. The molecular weight excluding hydrogens is 269 g/mol. The highest BCUT2D eigenvalue weighted by molar-refractivity contribution is 7.98. The molecule has 0 fully saturated rings. The van der Waals surface area contributed by atoms with E-state index in [9.17, 15) is 4.39 Å². The topological polar surface area (TPSA) is 26.0 Å². The largest absolute Gasteiger partial charge is 0.328 e. The molecule has 0 aromatic heterocycles. The Hall–Kier alpha value is -1.32. The molecule has 0 amide bonds. The zero-order valence-corrected chi connectivity index (χ0v) is 12.7.